The van der Waals surface area contributed by atoms with E-state index in [0.29, 0.717) is 10.6 Å². The number of non-ortho nitro benzene ring substituents is 1. The van der Waals surface area contributed by atoms with Crippen LogP contribution >= 0.6 is 11.3 Å². The van der Waals surface area contributed by atoms with Crippen molar-refractivity contribution >= 4 is 38.8 Å². The zero-order valence-electron chi connectivity index (χ0n) is 14.2. The predicted molar refractivity (Wildman–Crippen MR) is 105 cm³/mol. The molecule has 0 unspecified atom stereocenters. The zero-order valence-corrected chi connectivity index (χ0v) is 15.1. The number of amides is 1. The number of carbonyl (C=O) groups excluding carboxylic acids is 1. The van der Waals surface area contributed by atoms with Crippen LogP contribution in [0.1, 0.15) is 15.4 Å². The molecule has 8 heteroatoms. The van der Waals surface area contributed by atoms with E-state index in [0.717, 1.165) is 21.6 Å². The lowest BCUT2D eigenvalue weighted by atomic mass is 10.2. The van der Waals surface area contributed by atoms with E-state index in [1.165, 1.54) is 29.5 Å². The van der Waals surface area contributed by atoms with Crippen LogP contribution in [-0.4, -0.2) is 20.6 Å². The fourth-order valence-corrected chi connectivity index (χ4v) is 3.87. The van der Waals surface area contributed by atoms with Crippen molar-refractivity contribution in [3.8, 4) is 5.69 Å². The summed E-state index contributed by atoms with van der Waals surface area (Å²) in [6, 6.07) is 17.4. The minimum atomic E-state index is -0.493. The van der Waals surface area contributed by atoms with E-state index < -0.39 is 4.92 Å². The number of hydrogen-bond acceptors (Lipinski definition) is 5. The second kappa shape index (κ2) is 6.65. The Morgan fingerprint density at radius 3 is 2.67 bits per heavy atom. The molecule has 0 fully saturated rings. The standard InChI is InChI=1S/C19H14N4O3S/c1-12-16-11-17(18(24)20-13-6-5-9-15(10-13)23(25)26)27-19(16)22(21-12)14-7-3-2-4-8-14/h2-11H,1H3,(H,20,24). The van der Waals surface area contributed by atoms with Crippen molar-refractivity contribution in [1.29, 1.82) is 0 Å². The van der Waals surface area contributed by atoms with Gasteiger partial charge < -0.3 is 5.32 Å². The molecule has 2 aromatic heterocycles. The highest BCUT2D eigenvalue weighted by Crippen LogP contribution is 2.31. The molecule has 0 radical (unpaired) electrons. The molecule has 27 heavy (non-hydrogen) atoms. The third-order valence-electron chi connectivity index (χ3n) is 4.08. The third-order valence-corrected chi connectivity index (χ3v) is 5.19. The first kappa shape index (κ1) is 16.9. The first-order valence-electron chi connectivity index (χ1n) is 8.13. The number of hydrogen-bond donors (Lipinski definition) is 1. The quantitative estimate of drug-likeness (QED) is 0.416. The molecule has 1 N–H and O–H groups in total. The molecule has 7 nitrogen and oxygen atoms in total. The average Bonchev–Trinajstić information content (AvgIpc) is 3.23. The Labute approximate surface area is 158 Å². The lowest BCUT2D eigenvalue weighted by molar-refractivity contribution is -0.384. The van der Waals surface area contributed by atoms with Crippen molar-refractivity contribution in [2.45, 2.75) is 6.92 Å². The van der Waals surface area contributed by atoms with Gasteiger partial charge in [0.05, 0.1) is 21.2 Å². The Bertz CT molecular complexity index is 1160. The van der Waals surface area contributed by atoms with E-state index in [1.807, 2.05) is 41.9 Å². The molecule has 0 spiro atoms. The number of carbonyl (C=O) groups is 1. The fraction of sp³-hybridized carbons (Fsp3) is 0.0526. The summed E-state index contributed by atoms with van der Waals surface area (Å²) in [7, 11) is 0. The number of nitrogens with zero attached hydrogens (tertiary/aromatic N) is 3. The Morgan fingerprint density at radius 2 is 1.93 bits per heavy atom. The van der Waals surface area contributed by atoms with Crippen molar-refractivity contribution < 1.29 is 9.72 Å². The Hall–Kier alpha value is -3.52. The number of fused-ring (bicyclic) bond motifs is 1. The number of aromatic nitrogens is 2. The van der Waals surface area contributed by atoms with E-state index in [1.54, 1.807) is 12.1 Å². The van der Waals surface area contributed by atoms with Gasteiger partial charge in [0.25, 0.3) is 11.6 Å². The van der Waals surface area contributed by atoms with Crippen LogP contribution in [0.25, 0.3) is 15.9 Å². The first-order valence-corrected chi connectivity index (χ1v) is 8.95. The molecule has 0 saturated heterocycles. The van der Waals surface area contributed by atoms with Gasteiger partial charge in [0.1, 0.15) is 4.83 Å². The Morgan fingerprint density at radius 1 is 1.15 bits per heavy atom. The van der Waals surface area contributed by atoms with Crippen LogP contribution in [0.4, 0.5) is 11.4 Å². The Balaban J connectivity index is 1.67. The van der Waals surface area contributed by atoms with Crippen molar-refractivity contribution in [2.75, 3.05) is 5.32 Å². The molecular formula is C19H14N4O3S. The van der Waals surface area contributed by atoms with Gasteiger partial charge >= 0.3 is 0 Å². The minimum Gasteiger partial charge on any atom is -0.321 e. The van der Waals surface area contributed by atoms with E-state index in [-0.39, 0.29) is 11.6 Å². The zero-order chi connectivity index (χ0) is 19.0. The van der Waals surface area contributed by atoms with Gasteiger partial charge in [0.2, 0.25) is 0 Å². The second-order valence-corrected chi connectivity index (χ2v) is 6.95. The summed E-state index contributed by atoms with van der Waals surface area (Å²) in [5.74, 6) is -0.310. The second-order valence-electron chi connectivity index (χ2n) is 5.92. The van der Waals surface area contributed by atoms with Gasteiger partial charge in [-0.05, 0) is 31.2 Å². The van der Waals surface area contributed by atoms with Crippen LogP contribution in [0, 0.1) is 17.0 Å². The maximum Gasteiger partial charge on any atom is 0.271 e. The lowest BCUT2D eigenvalue weighted by Crippen LogP contribution is -2.10. The summed E-state index contributed by atoms with van der Waals surface area (Å²) < 4.78 is 1.82. The van der Waals surface area contributed by atoms with Crippen LogP contribution in [-0.2, 0) is 0 Å². The van der Waals surface area contributed by atoms with Crippen molar-refractivity contribution in [3.63, 3.8) is 0 Å². The summed E-state index contributed by atoms with van der Waals surface area (Å²) in [4.78, 5) is 24.4. The van der Waals surface area contributed by atoms with Crippen LogP contribution in [0.5, 0.6) is 0 Å². The molecule has 0 saturated carbocycles. The van der Waals surface area contributed by atoms with E-state index in [4.69, 9.17) is 0 Å². The van der Waals surface area contributed by atoms with Gasteiger partial charge in [-0.1, -0.05) is 24.3 Å². The summed E-state index contributed by atoms with van der Waals surface area (Å²) in [5.41, 5.74) is 2.07. The van der Waals surface area contributed by atoms with Gasteiger partial charge in [-0.15, -0.1) is 11.3 Å². The van der Waals surface area contributed by atoms with Crippen LogP contribution in [0.2, 0.25) is 0 Å². The molecule has 4 aromatic rings. The lowest BCUT2D eigenvalue weighted by Gasteiger charge is -2.03. The molecule has 2 heterocycles. The van der Waals surface area contributed by atoms with Gasteiger partial charge in [-0.2, -0.15) is 5.10 Å². The SMILES string of the molecule is Cc1nn(-c2ccccc2)c2sc(C(=O)Nc3cccc([N+](=O)[O-])c3)cc12. The maximum absolute atomic E-state index is 12.6. The highest BCUT2D eigenvalue weighted by Gasteiger charge is 2.18. The molecule has 0 atom stereocenters. The van der Waals surface area contributed by atoms with Gasteiger partial charge in [0.15, 0.2) is 0 Å². The van der Waals surface area contributed by atoms with Crippen LogP contribution in [0.15, 0.2) is 60.7 Å². The number of rotatable bonds is 4. The van der Waals surface area contributed by atoms with Gasteiger partial charge in [-0.25, -0.2) is 4.68 Å². The average molecular weight is 378 g/mol. The molecule has 4 rings (SSSR count). The third kappa shape index (κ3) is 3.18. The summed E-state index contributed by atoms with van der Waals surface area (Å²) in [6.07, 6.45) is 0. The summed E-state index contributed by atoms with van der Waals surface area (Å²) in [5, 5.41) is 19.1. The maximum atomic E-state index is 12.6. The largest absolute Gasteiger partial charge is 0.321 e. The predicted octanol–water partition coefficient (Wildman–Crippen LogP) is 4.56. The van der Waals surface area contributed by atoms with Crippen LogP contribution in [0.3, 0.4) is 0 Å². The van der Waals surface area contributed by atoms with Crippen molar-refractivity contribution in [2.24, 2.45) is 0 Å². The molecule has 0 aliphatic carbocycles. The number of thiophene rings is 1. The monoisotopic (exact) mass is 378 g/mol. The molecule has 0 bridgehead atoms. The number of anilines is 1. The van der Waals surface area contributed by atoms with E-state index >= 15 is 0 Å². The molecule has 0 aliphatic heterocycles. The first-order chi connectivity index (χ1) is 13.0. The topological polar surface area (TPSA) is 90.1 Å². The molecule has 134 valence electrons. The number of nitrogens with one attached hydrogen (secondary N) is 1. The van der Waals surface area contributed by atoms with Crippen LogP contribution < -0.4 is 5.32 Å². The highest BCUT2D eigenvalue weighted by atomic mass is 32.1. The summed E-state index contributed by atoms with van der Waals surface area (Å²) >= 11 is 1.33. The number of para-hydroxylation sites is 1. The normalized spacial score (nSPS) is 10.9. The molecule has 0 aliphatic rings. The van der Waals surface area contributed by atoms with Crippen molar-refractivity contribution in [1.82, 2.24) is 9.78 Å². The highest BCUT2D eigenvalue weighted by molar-refractivity contribution is 7.20. The number of benzene rings is 2. The van der Waals surface area contributed by atoms with Gasteiger partial charge in [0, 0.05) is 23.2 Å². The number of aryl methyl sites for hydroxylation is 1. The smallest absolute Gasteiger partial charge is 0.271 e. The number of nitro benzene ring substituents is 1. The molecule has 2 aromatic carbocycles. The van der Waals surface area contributed by atoms with E-state index in [9.17, 15) is 14.9 Å². The minimum absolute atomic E-state index is 0.0697. The number of nitro groups is 1. The fourth-order valence-electron chi connectivity index (χ4n) is 2.79. The van der Waals surface area contributed by atoms with Crippen molar-refractivity contribution in [3.05, 3.63) is 81.3 Å². The summed E-state index contributed by atoms with van der Waals surface area (Å²) in [6.45, 7) is 1.90. The van der Waals surface area contributed by atoms with Gasteiger partial charge in [-0.3, -0.25) is 14.9 Å². The Kier molecular flexibility index (Phi) is 4.17. The molecular weight excluding hydrogens is 364 g/mol. The molecule has 1 amide bonds. The van der Waals surface area contributed by atoms with E-state index in [2.05, 4.69) is 10.4 Å².